The summed E-state index contributed by atoms with van der Waals surface area (Å²) in [5.41, 5.74) is -2.82. The quantitative estimate of drug-likeness (QED) is 0.623. The molecular weight excluding hydrogens is 391 g/mol. The van der Waals surface area contributed by atoms with Crippen molar-refractivity contribution in [2.24, 2.45) is 0 Å². The number of nitrogens with one attached hydrogen (secondary N) is 1. The van der Waals surface area contributed by atoms with Crippen LogP contribution in [0.2, 0.25) is 0 Å². The van der Waals surface area contributed by atoms with Crippen LogP contribution in [0.4, 0.5) is 0 Å². The van der Waals surface area contributed by atoms with Crippen molar-refractivity contribution in [3.63, 3.8) is 0 Å². The smallest absolute Gasteiger partial charge is 0.349 e. The summed E-state index contributed by atoms with van der Waals surface area (Å²) in [4.78, 5) is 45.9. The lowest BCUT2D eigenvalue weighted by atomic mass is 10.1. The van der Waals surface area contributed by atoms with Crippen LogP contribution in [0.15, 0.2) is 46.1 Å². The molecule has 0 saturated carbocycles. The van der Waals surface area contributed by atoms with Crippen molar-refractivity contribution >= 4 is 7.60 Å². The molecule has 4 atom stereocenters. The molecule has 2 aromatic rings. The van der Waals surface area contributed by atoms with E-state index in [0.29, 0.717) is 5.56 Å². The molecule has 10 nitrogen and oxygen atoms in total. The Bertz CT molecular complexity index is 1050. The molecule has 1 aromatic carbocycles. The first-order valence-electron chi connectivity index (χ1n) is 8.62. The molecule has 1 aromatic heterocycles. The Morgan fingerprint density at radius 3 is 2.61 bits per heavy atom. The summed E-state index contributed by atoms with van der Waals surface area (Å²) < 4.78 is 30.7. The zero-order chi connectivity index (χ0) is 20.1. The van der Waals surface area contributed by atoms with Crippen LogP contribution in [0, 0.1) is 6.92 Å². The molecule has 2 saturated heterocycles. The Hall–Kier alpha value is -2.07. The lowest BCUT2D eigenvalue weighted by Crippen LogP contribution is -2.48. The van der Waals surface area contributed by atoms with E-state index in [1.54, 1.807) is 25.1 Å². The van der Waals surface area contributed by atoms with E-state index in [-0.39, 0.29) is 18.6 Å². The molecule has 2 fully saturated rings. The van der Waals surface area contributed by atoms with Crippen LogP contribution in [0.5, 0.6) is 0 Å². The molecule has 0 amide bonds. The number of hydrogen-bond donors (Lipinski definition) is 3. The molecule has 0 bridgehead atoms. The number of aromatic nitrogens is 2. The second-order valence-electron chi connectivity index (χ2n) is 6.80. The molecule has 4 rings (SSSR count). The summed E-state index contributed by atoms with van der Waals surface area (Å²) in [5.74, 6) is 0. The Kier molecular flexibility index (Phi) is 4.65. The highest BCUT2D eigenvalue weighted by Crippen LogP contribution is 2.61. The highest BCUT2D eigenvalue weighted by Gasteiger charge is 2.59. The van der Waals surface area contributed by atoms with Crippen molar-refractivity contribution in [1.29, 1.82) is 0 Å². The Balaban J connectivity index is 1.66. The minimum Gasteiger partial charge on any atom is -0.349 e. The number of nitrogens with zero attached hydrogens (tertiary/aromatic N) is 1. The fourth-order valence-electron chi connectivity index (χ4n) is 3.50. The van der Waals surface area contributed by atoms with Gasteiger partial charge in [0.05, 0.1) is 12.7 Å². The molecular formula is C17H19N2O8P. The molecule has 2 aliphatic rings. The number of hydrogen-bond acceptors (Lipinski definition) is 6. The van der Waals surface area contributed by atoms with Gasteiger partial charge in [0.2, 0.25) is 0 Å². The first-order valence-corrected chi connectivity index (χ1v) is 10.2. The maximum Gasteiger partial charge on any atom is 0.389 e. The number of H-pyrrole nitrogens is 1. The van der Waals surface area contributed by atoms with Crippen LogP contribution >= 0.6 is 7.60 Å². The van der Waals surface area contributed by atoms with Gasteiger partial charge in [-0.25, -0.2) is 4.79 Å². The highest BCUT2D eigenvalue weighted by atomic mass is 31.2. The zero-order valence-electron chi connectivity index (χ0n) is 14.8. The molecule has 28 heavy (non-hydrogen) atoms. The Morgan fingerprint density at radius 2 is 1.93 bits per heavy atom. The number of ether oxygens (including phenoxy) is 3. The molecule has 0 aliphatic carbocycles. The summed E-state index contributed by atoms with van der Waals surface area (Å²) in [7, 11) is -4.87. The Labute approximate surface area is 158 Å². The summed E-state index contributed by atoms with van der Waals surface area (Å²) in [6.45, 7) is 1.43. The predicted molar refractivity (Wildman–Crippen MR) is 95.6 cm³/mol. The van der Waals surface area contributed by atoms with E-state index in [1.165, 1.54) is 22.9 Å². The van der Waals surface area contributed by atoms with E-state index < -0.39 is 42.8 Å². The largest absolute Gasteiger partial charge is 0.389 e. The van der Waals surface area contributed by atoms with Gasteiger partial charge in [-0.1, -0.05) is 30.3 Å². The molecule has 3 N–H and O–H groups in total. The number of aromatic amines is 1. The third kappa shape index (κ3) is 3.08. The number of benzene rings is 1. The molecule has 0 radical (unpaired) electrons. The predicted octanol–water partition coefficient (Wildman–Crippen LogP) is 0.536. The topological polar surface area (TPSA) is 140 Å². The monoisotopic (exact) mass is 410 g/mol. The molecule has 150 valence electrons. The van der Waals surface area contributed by atoms with Crippen molar-refractivity contribution in [2.45, 2.75) is 37.3 Å². The van der Waals surface area contributed by atoms with E-state index >= 15 is 0 Å². The van der Waals surface area contributed by atoms with Crippen molar-refractivity contribution in [1.82, 2.24) is 9.55 Å². The number of fused-ring (bicyclic) bond motifs is 1. The van der Waals surface area contributed by atoms with Crippen molar-refractivity contribution in [2.75, 3.05) is 6.61 Å². The van der Waals surface area contributed by atoms with Gasteiger partial charge in [-0.05, 0) is 6.92 Å². The normalized spacial score (nSPS) is 30.2. The van der Waals surface area contributed by atoms with Crippen LogP contribution in [0.25, 0.3) is 0 Å². The average molecular weight is 410 g/mol. The lowest BCUT2D eigenvalue weighted by molar-refractivity contribution is -0.282. The van der Waals surface area contributed by atoms with Gasteiger partial charge < -0.3 is 24.0 Å². The standard InChI is InChI=1S/C17H19N2O8P/c1-10-8-19(16(21)18-15(10)20)14-7-12-13(26-14)9-25-17(27-12,28(22,23)24)11-5-3-2-4-6-11/h2-6,8,12-14H,7,9H2,1H3,(H,18,20,21)(H2,22,23,24)/t12-,13-,14-,17+/m1/s1. The maximum absolute atomic E-state index is 12.3. The third-order valence-corrected chi connectivity index (χ3v) is 6.17. The van der Waals surface area contributed by atoms with Gasteiger partial charge in [0.25, 0.3) is 5.56 Å². The van der Waals surface area contributed by atoms with Gasteiger partial charge >= 0.3 is 18.8 Å². The first kappa shape index (κ1) is 19.3. The fourth-order valence-corrected chi connectivity index (χ4v) is 4.50. The number of aryl methyl sites for hydroxylation is 1. The Morgan fingerprint density at radius 1 is 1.21 bits per heavy atom. The molecule has 11 heteroatoms. The van der Waals surface area contributed by atoms with E-state index in [4.69, 9.17) is 14.2 Å². The van der Waals surface area contributed by atoms with Crippen LogP contribution < -0.4 is 11.2 Å². The van der Waals surface area contributed by atoms with E-state index in [0.717, 1.165) is 0 Å². The fraction of sp³-hybridized carbons (Fsp3) is 0.412. The molecule has 0 unspecified atom stereocenters. The van der Waals surface area contributed by atoms with E-state index in [1.807, 2.05) is 0 Å². The van der Waals surface area contributed by atoms with E-state index in [9.17, 15) is 23.9 Å². The maximum atomic E-state index is 12.3. The minimum absolute atomic E-state index is 0.127. The molecule has 2 aliphatic heterocycles. The summed E-state index contributed by atoms with van der Waals surface area (Å²) in [5, 5.41) is 0. The second-order valence-corrected chi connectivity index (χ2v) is 8.48. The van der Waals surface area contributed by atoms with Crippen LogP contribution in [-0.2, 0) is 24.3 Å². The van der Waals surface area contributed by atoms with Crippen LogP contribution in [-0.4, -0.2) is 38.2 Å². The first-order chi connectivity index (χ1) is 13.2. The highest BCUT2D eigenvalue weighted by molar-refractivity contribution is 7.52. The third-order valence-electron chi connectivity index (χ3n) is 4.91. The number of rotatable bonds is 3. The van der Waals surface area contributed by atoms with Gasteiger partial charge in [0, 0.05) is 23.7 Å². The average Bonchev–Trinajstić information content (AvgIpc) is 3.07. The van der Waals surface area contributed by atoms with Gasteiger partial charge in [0.1, 0.15) is 12.3 Å². The summed E-state index contributed by atoms with van der Waals surface area (Å²) >= 11 is 0. The zero-order valence-corrected chi connectivity index (χ0v) is 15.7. The van der Waals surface area contributed by atoms with Crippen LogP contribution in [0.3, 0.4) is 0 Å². The van der Waals surface area contributed by atoms with Gasteiger partial charge in [-0.2, -0.15) is 0 Å². The minimum atomic E-state index is -4.87. The lowest BCUT2D eigenvalue weighted by Gasteiger charge is -2.41. The molecule has 3 heterocycles. The van der Waals surface area contributed by atoms with Crippen molar-refractivity contribution in [3.8, 4) is 0 Å². The summed E-state index contributed by atoms with van der Waals surface area (Å²) in [6, 6.07) is 8.00. The summed E-state index contributed by atoms with van der Waals surface area (Å²) in [6.07, 6.45) is -0.547. The van der Waals surface area contributed by atoms with Crippen LogP contribution in [0.1, 0.15) is 23.8 Å². The van der Waals surface area contributed by atoms with Gasteiger partial charge in [0.15, 0.2) is 0 Å². The van der Waals surface area contributed by atoms with Crippen molar-refractivity contribution in [3.05, 3.63) is 68.5 Å². The van der Waals surface area contributed by atoms with E-state index in [2.05, 4.69) is 4.98 Å². The van der Waals surface area contributed by atoms with Crippen molar-refractivity contribution < 1.29 is 28.6 Å². The SMILES string of the molecule is Cc1cn([C@H]2C[C@H]3O[C@@](c4ccccc4)(P(=O)(O)O)OC[C@H]3O2)c(=O)[nH]c1=O. The van der Waals surface area contributed by atoms with Gasteiger partial charge in [-0.3, -0.25) is 18.9 Å². The molecule has 0 spiro atoms. The second kappa shape index (κ2) is 6.77. The van der Waals surface area contributed by atoms with Gasteiger partial charge in [-0.15, -0.1) is 0 Å².